The van der Waals surface area contributed by atoms with Gasteiger partial charge in [0, 0.05) is 38.5 Å². The van der Waals surface area contributed by atoms with Gasteiger partial charge in [0.2, 0.25) is 11.8 Å². The summed E-state index contributed by atoms with van der Waals surface area (Å²) in [5.41, 5.74) is 0.329. The molecule has 0 spiro atoms. The summed E-state index contributed by atoms with van der Waals surface area (Å²) >= 11 is 0. The smallest absolute Gasteiger partial charge is 0.225 e. The molecule has 0 radical (unpaired) electrons. The first kappa shape index (κ1) is 18.9. The molecule has 1 saturated heterocycles. The van der Waals surface area contributed by atoms with Crippen LogP contribution in [0.5, 0.6) is 0 Å². The highest BCUT2D eigenvalue weighted by Gasteiger charge is 2.51. The molecule has 6 aliphatic rings. The van der Waals surface area contributed by atoms with Gasteiger partial charge in [-0.15, -0.1) is 0 Å². The number of nitrogens with zero attached hydrogens (tertiary/aromatic N) is 2. The monoisotopic (exact) mass is 386 g/mol. The highest BCUT2D eigenvalue weighted by Crippen LogP contribution is 2.61. The molecule has 1 heterocycles. The van der Waals surface area contributed by atoms with Gasteiger partial charge in [0.15, 0.2) is 0 Å². The van der Waals surface area contributed by atoms with E-state index < -0.39 is 0 Å². The topological polar surface area (TPSA) is 40.6 Å². The van der Waals surface area contributed by atoms with Crippen LogP contribution in [0.15, 0.2) is 0 Å². The number of amides is 2. The first-order valence-electron chi connectivity index (χ1n) is 12.2. The fourth-order valence-corrected chi connectivity index (χ4v) is 7.93. The average molecular weight is 387 g/mol. The lowest BCUT2D eigenvalue weighted by atomic mass is 9.49. The summed E-state index contributed by atoms with van der Waals surface area (Å²) < 4.78 is 0. The van der Waals surface area contributed by atoms with Gasteiger partial charge in [0.25, 0.3) is 0 Å². The van der Waals surface area contributed by atoms with Gasteiger partial charge in [-0.3, -0.25) is 9.59 Å². The van der Waals surface area contributed by atoms with Crippen LogP contribution in [0.1, 0.15) is 83.5 Å². The van der Waals surface area contributed by atoms with E-state index in [0.29, 0.717) is 17.2 Å². The van der Waals surface area contributed by atoms with Crippen LogP contribution in [0, 0.1) is 29.1 Å². The van der Waals surface area contributed by atoms with Gasteiger partial charge < -0.3 is 9.80 Å². The molecule has 4 nitrogen and oxygen atoms in total. The predicted molar refractivity (Wildman–Crippen MR) is 110 cm³/mol. The van der Waals surface area contributed by atoms with Crippen molar-refractivity contribution in [3.63, 3.8) is 0 Å². The minimum atomic E-state index is 0.253. The minimum Gasteiger partial charge on any atom is -0.341 e. The van der Waals surface area contributed by atoms with E-state index >= 15 is 0 Å². The van der Waals surface area contributed by atoms with Gasteiger partial charge in [-0.25, -0.2) is 0 Å². The minimum absolute atomic E-state index is 0.253. The molecule has 4 heteroatoms. The van der Waals surface area contributed by atoms with Crippen molar-refractivity contribution in [2.75, 3.05) is 26.2 Å². The van der Waals surface area contributed by atoms with Crippen molar-refractivity contribution < 1.29 is 9.59 Å². The SMILES string of the molecule is O=C(CC12CC3CC(CC(C3)C1)C2)N1CCCN(C(=O)C2CCCCC2)CC1. The molecule has 0 aromatic carbocycles. The molecule has 4 bridgehead atoms. The molecule has 6 fully saturated rings. The fraction of sp³-hybridized carbons (Fsp3) is 0.917. The van der Waals surface area contributed by atoms with Gasteiger partial charge in [-0.05, 0) is 81.0 Å². The summed E-state index contributed by atoms with van der Waals surface area (Å²) in [5, 5.41) is 0. The Morgan fingerprint density at radius 2 is 1.29 bits per heavy atom. The van der Waals surface area contributed by atoms with Crippen LogP contribution in [0.3, 0.4) is 0 Å². The summed E-state index contributed by atoms with van der Waals surface area (Å²) in [4.78, 5) is 30.3. The number of carbonyl (C=O) groups is 2. The zero-order chi connectivity index (χ0) is 19.1. The highest BCUT2D eigenvalue weighted by atomic mass is 16.2. The maximum absolute atomic E-state index is 13.2. The van der Waals surface area contributed by atoms with Crippen molar-refractivity contribution in [1.29, 1.82) is 0 Å². The van der Waals surface area contributed by atoms with Gasteiger partial charge in [-0.1, -0.05) is 19.3 Å². The van der Waals surface area contributed by atoms with Crippen molar-refractivity contribution >= 4 is 11.8 Å². The molecule has 5 aliphatic carbocycles. The Labute approximate surface area is 170 Å². The van der Waals surface area contributed by atoms with Gasteiger partial charge in [0.1, 0.15) is 0 Å². The van der Waals surface area contributed by atoms with Crippen LogP contribution in [0.2, 0.25) is 0 Å². The number of carbonyl (C=O) groups excluding carboxylic acids is 2. The highest BCUT2D eigenvalue weighted by molar-refractivity contribution is 5.80. The summed E-state index contributed by atoms with van der Waals surface area (Å²) in [6, 6.07) is 0. The molecule has 28 heavy (non-hydrogen) atoms. The quantitative estimate of drug-likeness (QED) is 0.728. The molecule has 0 aromatic heterocycles. The molecule has 0 N–H and O–H groups in total. The van der Waals surface area contributed by atoms with Crippen LogP contribution in [-0.4, -0.2) is 47.8 Å². The van der Waals surface area contributed by atoms with E-state index in [4.69, 9.17) is 0 Å². The molecule has 156 valence electrons. The summed E-state index contributed by atoms with van der Waals surface area (Å²) in [7, 11) is 0. The second-order valence-corrected chi connectivity index (χ2v) is 11.0. The Balaban J connectivity index is 1.17. The van der Waals surface area contributed by atoms with Gasteiger partial charge in [-0.2, -0.15) is 0 Å². The molecule has 2 amide bonds. The van der Waals surface area contributed by atoms with E-state index in [9.17, 15) is 9.59 Å². The maximum Gasteiger partial charge on any atom is 0.225 e. The van der Waals surface area contributed by atoms with E-state index in [-0.39, 0.29) is 5.92 Å². The third kappa shape index (κ3) is 3.73. The summed E-state index contributed by atoms with van der Waals surface area (Å²) in [5.74, 6) is 3.73. The van der Waals surface area contributed by atoms with Crippen LogP contribution in [-0.2, 0) is 9.59 Å². The van der Waals surface area contributed by atoms with E-state index in [1.165, 1.54) is 57.8 Å². The Morgan fingerprint density at radius 1 is 0.714 bits per heavy atom. The number of rotatable bonds is 3. The van der Waals surface area contributed by atoms with E-state index in [1.54, 1.807) is 0 Å². The van der Waals surface area contributed by atoms with E-state index in [0.717, 1.165) is 69.6 Å². The average Bonchev–Trinajstić information content (AvgIpc) is 2.93. The molecule has 6 rings (SSSR count). The molecule has 0 aromatic rings. The Kier molecular flexibility index (Phi) is 5.17. The first-order chi connectivity index (χ1) is 13.6. The Bertz CT molecular complexity index is 574. The van der Waals surface area contributed by atoms with Gasteiger partial charge >= 0.3 is 0 Å². The lowest BCUT2D eigenvalue weighted by Crippen LogP contribution is -2.48. The fourth-order valence-electron chi connectivity index (χ4n) is 7.93. The maximum atomic E-state index is 13.2. The van der Waals surface area contributed by atoms with Crippen molar-refractivity contribution in [2.45, 2.75) is 83.5 Å². The van der Waals surface area contributed by atoms with E-state index in [1.807, 2.05) is 0 Å². The second-order valence-electron chi connectivity index (χ2n) is 11.0. The van der Waals surface area contributed by atoms with E-state index in [2.05, 4.69) is 9.80 Å². The standard InChI is InChI=1S/C24H38N2O2/c27-22(17-24-14-18-11-19(15-24)13-20(12-18)16-24)25-7-4-8-26(10-9-25)23(28)21-5-2-1-3-6-21/h18-21H,1-17H2. The molecular weight excluding hydrogens is 348 g/mol. The molecule has 0 unspecified atom stereocenters. The molecule has 1 aliphatic heterocycles. The Morgan fingerprint density at radius 3 is 1.93 bits per heavy atom. The summed E-state index contributed by atoms with van der Waals surface area (Å²) in [6.07, 6.45) is 15.8. The van der Waals surface area contributed by atoms with Gasteiger partial charge in [0.05, 0.1) is 0 Å². The number of hydrogen-bond acceptors (Lipinski definition) is 2. The van der Waals surface area contributed by atoms with Crippen molar-refractivity contribution in [3.8, 4) is 0 Å². The van der Waals surface area contributed by atoms with Crippen molar-refractivity contribution in [3.05, 3.63) is 0 Å². The molecular formula is C24H38N2O2. The van der Waals surface area contributed by atoms with Crippen LogP contribution < -0.4 is 0 Å². The largest absolute Gasteiger partial charge is 0.341 e. The second kappa shape index (κ2) is 7.65. The summed E-state index contributed by atoms with van der Waals surface area (Å²) in [6.45, 7) is 3.20. The number of hydrogen-bond donors (Lipinski definition) is 0. The third-order valence-electron chi connectivity index (χ3n) is 8.81. The van der Waals surface area contributed by atoms with Crippen LogP contribution in [0.25, 0.3) is 0 Å². The normalized spacial score (nSPS) is 38.5. The lowest BCUT2D eigenvalue weighted by molar-refractivity contribution is -0.140. The van der Waals surface area contributed by atoms with Crippen molar-refractivity contribution in [2.24, 2.45) is 29.1 Å². The lowest BCUT2D eigenvalue weighted by Gasteiger charge is -2.57. The third-order valence-corrected chi connectivity index (χ3v) is 8.81. The molecule has 0 atom stereocenters. The Hall–Kier alpha value is -1.06. The molecule has 5 saturated carbocycles. The van der Waals surface area contributed by atoms with Crippen LogP contribution in [0.4, 0.5) is 0 Å². The zero-order valence-corrected chi connectivity index (χ0v) is 17.5. The van der Waals surface area contributed by atoms with Crippen LogP contribution >= 0.6 is 0 Å². The first-order valence-corrected chi connectivity index (χ1v) is 12.2. The zero-order valence-electron chi connectivity index (χ0n) is 17.5. The predicted octanol–water partition coefficient (Wildman–Crippen LogP) is 4.23. The van der Waals surface area contributed by atoms with Crippen molar-refractivity contribution in [1.82, 2.24) is 9.80 Å².